The summed E-state index contributed by atoms with van der Waals surface area (Å²) in [6, 6.07) is 3.07. The zero-order valence-electron chi connectivity index (χ0n) is 16.3. The molecule has 1 fully saturated rings. The Morgan fingerprint density at radius 1 is 1.30 bits per heavy atom. The van der Waals surface area contributed by atoms with E-state index in [1.54, 1.807) is 6.92 Å². The molecule has 1 aromatic rings. The Kier molecular flexibility index (Phi) is 7.78. The number of amides is 1. The lowest BCUT2D eigenvalue weighted by Crippen LogP contribution is -2.45. The first-order chi connectivity index (χ1) is 12.9. The second-order valence-electron chi connectivity index (χ2n) is 6.85. The number of hydrogen-bond donors (Lipinski definition) is 1. The Hall–Kier alpha value is -1.95. The fourth-order valence-corrected chi connectivity index (χ4v) is 3.50. The maximum atomic E-state index is 12.4. The Morgan fingerprint density at radius 2 is 2.00 bits per heavy atom. The summed E-state index contributed by atoms with van der Waals surface area (Å²) in [5.41, 5.74) is 0.200. The molecule has 0 unspecified atom stereocenters. The highest BCUT2D eigenvalue weighted by Gasteiger charge is 2.27. The Morgan fingerprint density at radius 3 is 2.63 bits per heavy atom. The van der Waals surface area contributed by atoms with Crippen LogP contribution in [0.25, 0.3) is 0 Å². The van der Waals surface area contributed by atoms with E-state index in [4.69, 9.17) is 25.8 Å². The van der Waals surface area contributed by atoms with Gasteiger partial charge in [-0.15, -0.1) is 0 Å². The molecule has 6 nitrogen and oxygen atoms in total. The molecule has 1 aliphatic carbocycles. The lowest BCUT2D eigenvalue weighted by molar-refractivity contribution is -0.130. The fourth-order valence-electron chi connectivity index (χ4n) is 3.23. The molecule has 2 rings (SSSR count). The van der Waals surface area contributed by atoms with Gasteiger partial charge in [0.05, 0.1) is 24.3 Å². The summed E-state index contributed by atoms with van der Waals surface area (Å²) in [5.74, 6) is 0.211. The molecule has 0 saturated heterocycles. The summed E-state index contributed by atoms with van der Waals surface area (Å²) in [4.78, 5) is 24.8. The molecule has 150 valence electrons. The number of carbonyl (C=O) groups is 2. The molecule has 27 heavy (non-hydrogen) atoms. The molecule has 0 aromatic heterocycles. The van der Waals surface area contributed by atoms with Crippen LogP contribution >= 0.6 is 11.6 Å². The van der Waals surface area contributed by atoms with Gasteiger partial charge in [-0.1, -0.05) is 31.4 Å². The van der Waals surface area contributed by atoms with Crippen LogP contribution in [0.1, 0.15) is 56.8 Å². The van der Waals surface area contributed by atoms with Crippen molar-refractivity contribution >= 4 is 23.5 Å². The number of hydrogen-bond acceptors (Lipinski definition) is 5. The SMILES string of the molecule is CCOc1c(Cl)cc(C(=O)O[C@@H](C)C(=O)N[C@H]2CCCC[C@@H]2C)cc1OC. The van der Waals surface area contributed by atoms with Crippen LogP contribution in [-0.2, 0) is 9.53 Å². The molecule has 1 N–H and O–H groups in total. The Bertz CT molecular complexity index is 679. The molecule has 1 aliphatic rings. The molecule has 1 aromatic carbocycles. The van der Waals surface area contributed by atoms with Crippen molar-refractivity contribution < 1.29 is 23.8 Å². The highest BCUT2D eigenvalue weighted by Crippen LogP contribution is 2.36. The van der Waals surface area contributed by atoms with E-state index in [0.717, 1.165) is 19.3 Å². The monoisotopic (exact) mass is 397 g/mol. The molecule has 0 spiro atoms. The van der Waals surface area contributed by atoms with Gasteiger partial charge in [0.15, 0.2) is 17.6 Å². The smallest absolute Gasteiger partial charge is 0.339 e. The molecule has 7 heteroatoms. The first-order valence-corrected chi connectivity index (χ1v) is 9.76. The van der Waals surface area contributed by atoms with Crippen molar-refractivity contribution in [1.29, 1.82) is 0 Å². The standard InChI is InChI=1S/C20H28ClNO5/c1-5-26-18-15(21)10-14(11-17(18)25-4)20(24)27-13(3)19(23)22-16-9-7-6-8-12(16)2/h10-13,16H,5-9H2,1-4H3,(H,22,23)/t12-,13-,16-/m0/s1. The van der Waals surface area contributed by atoms with Crippen LogP contribution in [0, 0.1) is 5.92 Å². The van der Waals surface area contributed by atoms with Gasteiger partial charge >= 0.3 is 5.97 Å². The van der Waals surface area contributed by atoms with Crippen LogP contribution in [0.3, 0.4) is 0 Å². The lowest BCUT2D eigenvalue weighted by atomic mass is 9.86. The van der Waals surface area contributed by atoms with E-state index >= 15 is 0 Å². The summed E-state index contributed by atoms with van der Waals surface area (Å²) in [6.07, 6.45) is 3.46. The van der Waals surface area contributed by atoms with E-state index in [1.807, 2.05) is 6.92 Å². The quantitative estimate of drug-likeness (QED) is 0.704. The molecular formula is C20H28ClNO5. The van der Waals surface area contributed by atoms with Gasteiger partial charge in [0.1, 0.15) is 0 Å². The average Bonchev–Trinajstić information content (AvgIpc) is 2.64. The summed E-state index contributed by atoms with van der Waals surface area (Å²) < 4.78 is 16.0. The molecule has 3 atom stereocenters. The maximum Gasteiger partial charge on any atom is 0.339 e. The van der Waals surface area contributed by atoms with Gasteiger partial charge in [0, 0.05) is 6.04 Å². The number of rotatable bonds is 7. The zero-order chi connectivity index (χ0) is 20.0. The molecule has 0 heterocycles. The van der Waals surface area contributed by atoms with E-state index in [0.29, 0.717) is 24.0 Å². The van der Waals surface area contributed by atoms with Crippen molar-refractivity contribution in [2.24, 2.45) is 5.92 Å². The van der Waals surface area contributed by atoms with Gasteiger partial charge in [0.25, 0.3) is 5.91 Å². The summed E-state index contributed by atoms with van der Waals surface area (Å²) >= 11 is 6.19. The molecule has 1 saturated carbocycles. The van der Waals surface area contributed by atoms with Crippen molar-refractivity contribution in [2.45, 2.75) is 58.6 Å². The predicted molar refractivity (Wildman–Crippen MR) is 104 cm³/mol. The van der Waals surface area contributed by atoms with Gasteiger partial charge in [-0.2, -0.15) is 0 Å². The number of halogens is 1. The van der Waals surface area contributed by atoms with Crippen LogP contribution in [-0.4, -0.2) is 37.7 Å². The number of ether oxygens (including phenoxy) is 3. The molecule has 0 radical (unpaired) electrons. The third-order valence-corrected chi connectivity index (χ3v) is 5.13. The Labute approximate surface area is 165 Å². The van der Waals surface area contributed by atoms with E-state index in [9.17, 15) is 9.59 Å². The summed E-state index contributed by atoms with van der Waals surface area (Å²) in [6.45, 7) is 5.94. The summed E-state index contributed by atoms with van der Waals surface area (Å²) in [7, 11) is 1.46. The van der Waals surface area contributed by atoms with Crippen LogP contribution in [0.15, 0.2) is 12.1 Å². The van der Waals surface area contributed by atoms with Gasteiger partial charge < -0.3 is 19.5 Å². The number of nitrogens with one attached hydrogen (secondary N) is 1. The minimum atomic E-state index is -0.900. The van der Waals surface area contributed by atoms with E-state index < -0.39 is 12.1 Å². The predicted octanol–water partition coefficient (Wildman–Crippen LogP) is 3.99. The van der Waals surface area contributed by atoms with E-state index in [2.05, 4.69) is 12.2 Å². The van der Waals surface area contributed by atoms with Gasteiger partial charge in [-0.3, -0.25) is 4.79 Å². The number of esters is 1. The highest BCUT2D eigenvalue weighted by molar-refractivity contribution is 6.32. The van der Waals surface area contributed by atoms with E-state index in [-0.39, 0.29) is 22.5 Å². The maximum absolute atomic E-state index is 12.4. The third kappa shape index (κ3) is 5.51. The normalized spacial score (nSPS) is 20.5. The number of benzene rings is 1. The fraction of sp³-hybridized carbons (Fsp3) is 0.600. The molecular weight excluding hydrogens is 370 g/mol. The second-order valence-corrected chi connectivity index (χ2v) is 7.25. The van der Waals surface area contributed by atoms with Crippen molar-refractivity contribution in [3.05, 3.63) is 22.7 Å². The molecule has 1 amide bonds. The van der Waals surface area contributed by atoms with Crippen molar-refractivity contribution in [2.75, 3.05) is 13.7 Å². The van der Waals surface area contributed by atoms with Gasteiger partial charge in [-0.25, -0.2) is 4.79 Å². The largest absolute Gasteiger partial charge is 0.493 e. The molecule has 0 aliphatic heterocycles. The topological polar surface area (TPSA) is 73.9 Å². The number of methoxy groups -OCH3 is 1. The minimum absolute atomic E-state index is 0.132. The second kappa shape index (κ2) is 9.83. The van der Waals surface area contributed by atoms with Crippen LogP contribution in [0.5, 0.6) is 11.5 Å². The first-order valence-electron chi connectivity index (χ1n) is 9.39. The minimum Gasteiger partial charge on any atom is -0.493 e. The van der Waals surface area contributed by atoms with Crippen LogP contribution in [0.2, 0.25) is 5.02 Å². The van der Waals surface area contributed by atoms with Crippen molar-refractivity contribution in [1.82, 2.24) is 5.32 Å². The van der Waals surface area contributed by atoms with Crippen molar-refractivity contribution in [3.63, 3.8) is 0 Å². The van der Waals surface area contributed by atoms with Crippen LogP contribution < -0.4 is 14.8 Å². The zero-order valence-corrected chi connectivity index (χ0v) is 17.1. The van der Waals surface area contributed by atoms with Crippen molar-refractivity contribution in [3.8, 4) is 11.5 Å². The highest BCUT2D eigenvalue weighted by atomic mass is 35.5. The van der Waals surface area contributed by atoms with E-state index in [1.165, 1.54) is 25.7 Å². The van der Waals surface area contributed by atoms with Crippen LogP contribution in [0.4, 0.5) is 0 Å². The Balaban J connectivity index is 2.03. The van der Waals surface area contributed by atoms with Gasteiger partial charge in [0.2, 0.25) is 0 Å². The first kappa shape index (κ1) is 21.4. The third-order valence-electron chi connectivity index (χ3n) is 4.85. The lowest BCUT2D eigenvalue weighted by Gasteiger charge is -2.30. The summed E-state index contributed by atoms with van der Waals surface area (Å²) in [5, 5.41) is 3.24. The van der Waals surface area contributed by atoms with Gasteiger partial charge in [-0.05, 0) is 44.7 Å². The number of carbonyl (C=O) groups excluding carboxylic acids is 2. The average molecular weight is 398 g/mol. The molecule has 0 bridgehead atoms.